The first-order valence-electron chi connectivity index (χ1n) is 38.2. The minimum absolute atomic E-state index is 0.223. The second kappa shape index (κ2) is 53.9. The van der Waals surface area contributed by atoms with Gasteiger partial charge in [-0.3, -0.25) is 9.59 Å². The number of carbonyl (C=O) groups is 3. The van der Waals surface area contributed by atoms with E-state index in [2.05, 4.69) is 48.8 Å². The normalized spacial score (nSPS) is 27.5. The molecule has 23 nitrogen and oxygen atoms in total. The van der Waals surface area contributed by atoms with E-state index in [-0.39, 0.29) is 18.9 Å². The summed E-state index contributed by atoms with van der Waals surface area (Å²) in [6.07, 6.45) is 27.6. The molecule has 3 aliphatic heterocycles. The van der Waals surface area contributed by atoms with Gasteiger partial charge >= 0.3 is 5.97 Å². The van der Waals surface area contributed by atoms with Gasteiger partial charge in [-0.15, -0.1) is 0 Å². The Morgan fingerprint density at radius 3 is 1.44 bits per heavy atom. The fourth-order valence-corrected chi connectivity index (χ4v) is 13.3. The third kappa shape index (κ3) is 35.3. The fourth-order valence-electron chi connectivity index (χ4n) is 13.3. The van der Waals surface area contributed by atoms with Gasteiger partial charge in [0, 0.05) is 19.8 Å². The number of rotatable bonds is 59. The highest BCUT2D eigenvalue weighted by Gasteiger charge is 2.60. The molecule has 0 aromatic heterocycles. The van der Waals surface area contributed by atoms with Crippen LogP contribution in [-0.2, 0) is 42.8 Å². The number of carbonyl (C=O) groups excluding carboxylic acids is 2. The Morgan fingerprint density at radius 2 is 0.990 bits per heavy atom. The highest BCUT2D eigenvalue weighted by Crippen LogP contribution is 2.39. The van der Waals surface area contributed by atoms with Crippen LogP contribution >= 0.6 is 0 Å². The van der Waals surface area contributed by atoms with E-state index in [1.807, 2.05) is 0 Å². The van der Waals surface area contributed by atoms with E-state index in [0.717, 1.165) is 71.1 Å². The van der Waals surface area contributed by atoms with Gasteiger partial charge in [-0.05, 0) is 44.9 Å². The van der Waals surface area contributed by atoms with Crippen molar-refractivity contribution in [2.75, 3.05) is 26.4 Å². The zero-order valence-corrected chi connectivity index (χ0v) is 59.7. The molecule has 0 aromatic rings. The Kier molecular flexibility index (Phi) is 49.2. The summed E-state index contributed by atoms with van der Waals surface area (Å²) in [5.41, 5.74) is 0. The highest BCUT2D eigenvalue weighted by molar-refractivity contribution is 5.77. The molecule has 2 amide bonds. The van der Waals surface area contributed by atoms with Gasteiger partial charge in [0.2, 0.25) is 11.8 Å². The second-order valence-electron chi connectivity index (χ2n) is 27.9. The summed E-state index contributed by atoms with van der Waals surface area (Å²) in [7, 11) is 0. The summed E-state index contributed by atoms with van der Waals surface area (Å²) >= 11 is 0. The molecule has 0 bridgehead atoms. The fraction of sp³-hybridized carbons (Fsp3) is 0.905. The number of aliphatic hydroxyl groups is 11. The smallest absolute Gasteiger partial charge is 0.364 e. The van der Waals surface area contributed by atoms with E-state index >= 15 is 0 Å². The molecule has 18 atom stereocenters. The van der Waals surface area contributed by atoms with E-state index < -0.39 is 148 Å². The maximum absolute atomic E-state index is 13.5. The van der Waals surface area contributed by atoms with Crippen molar-refractivity contribution in [3.05, 3.63) is 24.3 Å². The first-order chi connectivity index (χ1) is 46.9. The quantitative estimate of drug-likeness (QED) is 0.0200. The molecule has 3 saturated heterocycles. The molecule has 14 N–H and O–H groups in total. The Labute approximate surface area is 581 Å². The summed E-state index contributed by atoms with van der Waals surface area (Å²) in [5, 5.41) is 136. The van der Waals surface area contributed by atoms with E-state index in [4.69, 9.17) is 28.4 Å². The monoisotopic (exact) mass is 1390 g/mol. The first-order valence-corrected chi connectivity index (χ1v) is 38.2. The van der Waals surface area contributed by atoms with Gasteiger partial charge in [0.05, 0.1) is 50.7 Å². The number of ether oxygens (including phenoxy) is 6. The molecule has 3 heterocycles. The molecule has 23 heteroatoms. The van der Waals surface area contributed by atoms with E-state index in [0.29, 0.717) is 19.3 Å². The van der Waals surface area contributed by atoms with Gasteiger partial charge in [-0.2, -0.15) is 0 Å². The number of hydrogen-bond donors (Lipinski definition) is 14. The lowest BCUT2D eigenvalue weighted by molar-refractivity contribution is -0.386. The van der Waals surface area contributed by atoms with Crippen LogP contribution in [0.1, 0.15) is 290 Å². The van der Waals surface area contributed by atoms with Gasteiger partial charge in [-0.1, -0.05) is 250 Å². The molecule has 3 fully saturated rings. The third-order valence-corrected chi connectivity index (χ3v) is 19.4. The molecule has 0 aliphatic carbocycles. The number of amides is 2. The van der Waals surface area contributed by atoms with Gasteiger partial charge in [0.15, 0.2) is 12.6 Å². The molecule has 0 spiro atoms. The lowest BCUT2D eigenvalue weighted by Crippen LogP contribution is -2.70. The lowest BCUT2D eigenvalue weighted by Gasteiger charge is -2.50. The number of hydrogen-bond acceptors (Lipinski definition) is 20. The van der Waals surface area contributed by atoms with Crippen LogP contribution in [0.2, 0.25) is 0 Å². The molecule has 568 valence electrons. The highest BCUT2D eigenvalue weighted by atomic mass is 16.8. The minimum atomic E-state index is -3.08. The van der Waals surface area contributed by atoms with Gasteiger partial charge < -0.3 is 100 Å². The van der Waals surface area contributed by atoms with E-state index in [1.54, 1.807) is 0 Å². The van der Waals surface area contributed by atoms with Crippen LogP contribution in [0.5, 0.6) is 0 Å². The van der Waals surface area contributed by atoms with Crippen LogP contribution in [0, 0.1) is 0 Å². The topological polar surface area (TPSA) is 373 Å². The largest absolute Gasteiger partial charge is 0.477 e. The van der Waals surface area contributed by atoms with E-state index in [1.165, 1.54) is 173 Å². The number of carboxylic acids is 1. The second-order valence-corrected chi connectivity index (χ2v) is 27.9. The van der Waals surface area contributed by atoms with Crippen molar-refractivity contribution in [1.29, 1.82) is 0 Å². The zero-order valence-electron chi connectivity index (χ0n) is 59.7. The molecular weight excluding hydrogens is 1250 g/mol. The number of aliphatic hydroxyl groups excluding tert-OH is 11. The number of aliphatic carboxylic acids is 1. The zero-order chi connectivity index (χ0) is 71.1. The van der Waals surface area contributed by atoms with Gasteiger partial charge in [-0.25, -0.2) is 4.79 Å². The van der Waals surface area contributed by atoms with Crippen molar-refractivity contribution in [3.8, 4) is 0 Å². The standard InChI is InChI=1S/C74H136N2O21/c1-4-6-8-10-12-14-16-18-20-21-22-23-24-25-26-27-28-29-30-31-32-33-34-36-38-40-42-44-46-48-61(84)76-55(56(81)47-45-43-41-39-37-35-19-17-15-13-11-9-7-5-2)53-92-71-66(88)65(87)68(60(52-79)94-71)95-72-67(89)70(64(86)59(51-78)93-72)97-74(73(90)91)49-57(82)62(75-54(3)80)69(96-74)63(85)58(83)50-77/h22-23,25-26,55-60,62-72,77-79,81-83,85-89H,4-21,24,27-53H2,1-3H3,(H,75,80)(H,76,84)(H,90,91)/b23-22-,26-25-. The maximum Gasteiger partial charge on any atom is 0.364 e. The van der Waals surface area contributed by atoms with Crippen molar-refractivity contribution in [2.24, 2.45) is 0 Å². The molecular formula is C74H136N2O21. The molecule has 0 aromatic carbocycles. The Bertz CT molecular complexity index is 2040. The average Bonchev–Trinajstić information content (AvgIpc) is 0.758. The van der Waals surface area contributed by atoms with Crippen molar-refractivity contribution in [2.45, 2.75) is 400 Å². The third-order valence-electron chi connectivity index (χ3n) is 19.4. The first kappa shape index (κ1) is 88.4. The molecule has 0 saturated carbocycles. The molecule has 97 heavy (non-hydrogen) atoms. The summed E-state index contributed by atoms with van der Waals surface area (Å²) in [4.78, 5) is 38.6. The Morgan fingerprint density at radius 1 is 0.536 bits per heavy atom. The summed E-state index contributed by atoms with van der Waals surface area (Å²) in [6.45, 7) is 2.22. The molecule has 0 radical (unpaired) electrons. The Balaban J connectivity index is 1.50. The van der Waals surface area contributed by atoms with Crippen LogP contribution in [0.3, 0.4) is 0 Å². The van der Waals surface area contributed by atoms with Crippen molar-refractivity contribution < 1.29 is 104 Å². The molecule has 3 rings (SSSR count). The summed E-state index contributed by atoms with van der Waals surface area (Å²) < 4.78 is 34.9. The molecule has 3 aliphatic rings. The SMILES string of the molecule is CCCCCCCCCCC/C=C\C/C=C\CCCCCCCCCCCCCCCC(=O)NC(COC1OC(CO)C(OC2OC(CO)C(O)C(OC3(C(=O)O)CC(O)C(NC(C)=O)C(C(O)C(O)CO)O3)C2O)C(O)C1O)C(O)CCCCCCCCCCCCCCCC. The molecule has 18 unspecified atom stereocenters. The number of nitrogens with one attached hydrogen (secondary N) is 2. The van der Waals surface area contributed by atoms with Crippen LogP contribution in [-0.4, -0.2) is 215 Å². The predicted octanol–water partition coefficient (Wildman–Crippen LogP) is 8.79. The summed E-state index contributed by atoms with van der Waals surface area (Å²) in [6, 6.07) is -2.53. The Hall–Kier alpha value is -2.79. The minimum Gasteiger partial charge on any atom is -0.477 e. The van der Waals surface area contributed by atoms with Gasteiger partial charge in [0.25, 0.3) is 5.79 Å². The summed E-state index contributed by atoms with van der Waals surface area (Å²) in [5.74, 6) is -6.10. The predicted molar refractivity (Wildman–Crippen MR) is 371 cm³/mol. The van der Waals surface area contributed by atoms with Gasteiger partial charge in [0.1, 0.15) is 67.1 Å². The number of unbranched alkanes of at least 4 members (excludes halogenated alkanes) is 35. The van der Waals surface area contributed by atoms with Crippen LogP contribution in [0.4, 0.5) is 0 Å². The van der Waals surface area contributed by atoms with Crippen molar-refractivity contribution >= 4 is 17.8 Å². The number of carboxylic acid groups (broad SMARTS) is 1. The van der Waals surface area contributed by atoms with Crippen LogP contribution in [0.25, 0.3) is 0 Å². The average molecular weight is 1390 g/mol. The van der Waals surface area contributed by atoms with Crippen LogP contribution in [0.15, 0.2) is 24.3 Å². The maximum atomic E-state index is 13.5. The van der Waals surface area contributed by atoms with Crippen molar-refractivity contribution in [3.63, 3.8) is 0 Å². The van der Waals surface area contributed by atoms with Crippen LogP contribution < -0.4 is 10.6 Å². The van der Waals surface area contributed by atoms with Crippen molar-refractivity contribution in [1.82, 2.24) is 10.6 Å². The van der Waals surface area contributed by atoms with E-state index in [9.17, 15) is 75.7 Å². The number of allylic oxidation sites excluding steroid dienone is 4. The lowest BCUT2D eigenvalue weighted by atomic mass is 9.88.